The van der Waals surface area contributed by atoms with Crippen LogP contribution in [-0.2, 0) is 0 Å². The topological polar surface area (TPSA) is 92.8 Å². The number of benzene rings is 1. The summed E-state index contributed by atoms with van der Waals surface area (Å²) >= 11 is 0. The van der Waals surface area contributed by atoms with Gasteiger partial charge >= 0.3 is 0 Å². The molecule has 17 heavy (non-hydrogen) atoms. The minimum absolute atomic E-state index is 0.304. The van der Waals surface area contributed by atoms with E-state index < -0.39 is 0 Å². The minimum atomic E-state index is -0.304. The first-order valence-electron chi connectivity index (χ1n) is 5.19. The lowest BCUT2D eigenvalue weighted by Gasteiger charge is -2.08. The molecule has 2 heterocycles. The van der Waals surface area contributed by atoms with Gasteiger partial charge in [0.15, 0.2) is 0 Å². The Bertz CT molecular complexity index is 583. The normalized spacial score (nSPS) is 13.0. The summed E-state index contributed by atoms with van der Waals surface area (Å²) in [6.45, 7) is 0. The maximum absolute atomic E-state index is 5.72. The number of nitrogens with zero attached hydrogens (tertiary/aromatic N) is 2. The maximum Gasteiger partial charge on any atom is 0.134 e. The Morgan fingerprint density at radius 3 is 2.94 bits per heavy atom. The van der Waals surface area contributed by atoms with Crippen molar-refractivity contribution >= 4 is 11.0 Å². The summed E-state index contributed by atoms with van der Waals surface area (Å²) in [6, 6.07) is 9.42. The van der Waals surface area contributed by atoms with E-state index in [1.807, 2.05) is 30.3 Å². The van der Waals surface area contributed by atoms with Crippen LogP contribution in [0.1, 0.15) is 17.5 Å². The summed E-state index contributed by atoms with van der Waals surface area (Å²) in [5.74, 6) is 6.24. The van der Waals surface area contributed by atoms with Gasteiger partial charge in [0.05, 0.1) is 6.20 Å². The second-order valence-corrected chi connectivity index (χ2v) is 3.68. The number of nitrogens with one attached hydrogen (secondary N) is 2. The second-order valence-electron chi connectivity index (χ2n) is 3.68. The smallest absolute Gasteiger partial charge is 0.134 e. The van der Waals surface area contributed by atoms with Gasteiger partial charge in [0.1, 0.15) is 23.1 Å². The largest absolute Gasteiger partial charge is 0.459 e. The van der Waals surface area contributed by atoms with Crippen molar-refractivity contribution in [1.82, 2.24) is 20.8 Å². The molecule has 86 valence electrons. The van der Waals surface area contributed by atoms with Gasteiger partial charge in [-0.3, -0.25) is 5.84 Å². The highest BCUT2D eigenvalue weighted by Gasteiger charge is 2.19. The van der Waals surface area contributed by atoms with Crippen LogP contribution < -0.4 is 11.3 Å². The Kier molecular flexibility index (Phi) is 2.36. The van der Waals surface area contributed by atoms with Crippen LogP contribution >= 0.6 is 0 Å². The van der Waals surface area contributed by atoms with E-state index in [9.17, 15) is 0 Å². The third-order valence-corrected chi connectivity index (χ3v) is 2.63. The predicted octanol–water partition coefficient (Wildman–Crippen LogP) is 1.10. The SMILES string of the molecule is NNC(c1cn[nH]n1)c1cc2ccccc2o1. The van der Waals surface area contributed by atoms with Crippen molar-refractivity contribution in [3.63, 3.8) is 0 Å². The highest BCUT2D eigenvalue weighted by Crippen LogP contribution is 2.26. The van der Waals surface area contributed by atoms with Crippen LogP contribution in [0.15, 0.2) is 40.9 Å². The molecule has 6 heteroatoms. The van der Waals surface area contributed by atoms with Gasteiger partial charge in [0, 0.05) is 5.39 Å². The number of para-hydroxylation sites is 1. The molecule has 1 aromatic carbocycles. The average molecular weight is 229 g/mol. The molecule has 0 saturated heterocycles. The fraction of sp³-hybridized carbons (Fsp3) is 0.0909. The number of nitrogens with two attached hydrogens (primary N) is 1. The van der Waals surface area contributed by atoms with E-state index in [1.54, 1.807) is 6.20 Å². The lowest BCUT2D eigenvalue weighted by molar-refractivity contribution is 0.471. The van der Waals surface area contributed by atoms with Gasteiger partial charge in [-0.1, -0.05) is 18.2 Å². The minimum Gasteiger partial charge on any atom is -0.459 e. The van der Waals surface area contributed by atoms with E-state index in [-0.39, 0.29) is 6.04 Å². The van der Waals surface area contributed by atoms with Crippen LogP contribution in [0.3, 0.4) is 0 Å². The lowest BCUT2D eigenvalue weighted by Crippen LogP contribution is -2.28. The fourth-order valence-electron chi connectivity index (χ4n) is 1.81. The summed E-state index contributed by atoms with van der Waals surface area (Å²) in [5, 5.41) is 11.3. The third kappa shape index (κ3) is 1.69. The number of fused-ring (bicyclic) bond motifs is 1. The van der Waals surface area contributed by atoms with Gasteiger partial charge in [0.25, 0.3) is 0 Å². The molecular formula is C11H11N5O. The quantitative estimate of drug-likeness (QED) is 0.462. The maximum atomic E-state index is 5.72. The lowest BCUT2D eigenvalue weighted by atomic mass is 10.1. The Morgan fingerprint density at radius 1 is 1.35 bits per heavy atom. The van der Waals surface area contributed by atoms with Crippen molar-refractivity contribution in [2.75, 3.05) is 0 Å². The summed E-state index contributed by atoms with van der Waals surface area (Å²) in [7, 11) is 0. The molecule has 0 saturated carbocycles. The van der Waals surface area contributed by atoms with Gasteiger partial charge < -0.3 is 4.42 Å². The first-order valence-corrected chi connectivity index (χ1v) is 5.19. The Labute approximate surface area is 96.8 Å². The summed E-state index contributed by atoms with van der Waals surface area (Å²) in [6.07, 6.45) is 1.61. The summed E-state index contributed by atoms with van der Waals surface area (Å²) in [5.41, 5.74) is 4.18. The Morgan fingerprint density at radius 2 is 2.24 bits per heavy atom. The molecule has 0 radical (unpaired) electrons. The van der Waals surface area contributed by atoms with Crippen molar-refractivity contribution in [2.24, 2.45) is 5.84 Å². The van der Waals surface area contributed by atoms with Crippen LogP contribution in [-0.4, -0.2) is 15.4 Å². The summed E-state index contributed by atoms with van der Waals surface area (Å²) < 4.78 is 5.72. The van der Waals surface area contributed by atoms with Gasteiger partial charge in [-0.15, -0.1) is 0 Å². The van der Waals surface area contributed by atoms with E-state index in [4.69, 9.17) is 10.3 Å². The van der Waals surface area contributed by atoms with Crippen molar-refractivity contribution in [3.05, 3.63) is 48.0 Å². The molecule has 1 unspecified atom stereocenters. The van der Waals surface area contributed by atoms with E-state index >= 15 is 0 Å². The number of hydrogen-bond donors (Lipinski definition) is 3. The van der Waals surface area contributed by atoms with Crippen molar-refractivity contribution in [1.29, 1.82) is 0 Å². The predicted molar refractivity (Wildman–Crippen MR) is 61.8 cm³/mol. The zero-order valence-electron chi connectivity index (χ0n) is 8.92. The monoisotopic (exact) mass is 229 g/mol. The zero-order chi connectivity index (χ0) is 11.7. The number of rotatable bonds is 3. The van der Waals surface area contributed by atoms with Gasteiger partial charge in [-0.2, -0.15) is 15.4 Å². The highest BCUT2D eigenvalue weighted by atomic mass is 16.3. The van der Waals surface area contributed by atoms with Crippen LogP contribution in [0.2, 0.25) is 0 Å². The van der Waals surface area contributed by atoms with Crippen molar-refractivity contribution < 1.29 is 4.42 Å². The number of H-pyrrole nitrogens is 1. The molecule has 1 atom stereocenters. The second kappa shape index (κ2) is 4.00. The number of hydrazine groups is 1. The van der Waals surface area contributed by atoms with Crippen LogP contribution in [0, 0.1) is 0 Å². The molecule has 0 bridgehead atoms. The first-order chi connectivity index (χ1) is 8.38. The van der Waals surface area contributed by atoms with Crippen LogP contribution in [0.5, 0.6) is 0 Å². The first kappa shape index (κ1) is 10.0. The Balaban J connectivity index is 2.07. The van der Waals surface area contributed by atoms with E-state index in [0.29, 0.717) is 11.5 Å². The number of aromatic amines is 1. The number of aromatic nitrogens is 3. The number of hydrogen-bond acceptors (Lipinski definition) is 5. The molecule has 0 aliphatic carbocycles. The van der Waals surface area contributed by atoms with E-state index in [1.165, 1.54) is 0 Å². The molecule has 0 aliphatic rings. The van der Waals surface area contributed by atoms with Gasteiger partial charge in [-0.05, 0) is 12.1 Å². The highest BCUT2D eigenvalue weighted by molar-refractivity contribution is 5.77. The van der Waals surface area contributed by atoms with Crippen LogP contribution in [0.4, 0.5) is 0 Å². The van der Waals surface area contributed by atoms with E-state index in [0.717, 1.165) is 11.0 Å². The zero-order valence-corrected chi connectivity index (χ0v) is 8.92. The van der Waals surface area contributed by atoms with Crippen molar-refractivity contribution in [3.8, 4) is 0 Å². The Hall–Kier alpha value is -2.18. The molecule has 4 N–H and O–H groups in total. The van der Waals surface area contributed by atoms with Crippen LogP contribution in [0.25, 0.3) is 11.0 Å². The molecular weight excluding hydrogens is 218 g/mol. The molecule has 0 fully saturated rings. The average Bonchev–Trinajstić information content (AvgIpc) is 2.98. The van der Waals surface area contributed by atoms with E-state index in [2.05, 4.69) is 20.8 Å². The number of furan rings is 1. The molecule has 6 nitrogen and oxygen atoms in total. The fourth-order valence-corrected chi connectivity index (χ4v) is 1.81. The van der Waals surface area contributed by atoms with Gasteiger partial charge in [0.2, 0.25) is 0 Å². The summed E-state index contributed by atoms with van der Waals surface area (Å²) in [4.78, 5) is 0. The molecule has 3 aromatic rings. The van der Waals surface area contributed by atoms with Crippen molar-refractivity contribution in [2.45, 2.75) is 6.04 Å². The molecule has 0 amide bonds. The van der Waals surface area contributed by atoms with Gasteiger partial charge in [-0.25, -0.2) is 5.43 Å². The standard InChI is InChI=1S/C11H11N5O/c12-14-11(8-6-13-16-15-8)10-5-7-3-1-2-4-9(7)17-10/h1-6,11,14H,12H2,(H,13,15,16). The molecule has 0 spiro atoms. The molecule has 2 aromatic heterocycles. The molecule has 0 aliphatic heterocycles. The molecule has 3 rings (SSSR count). The third-order valence-electron chi connectivity index (χ3n) is 2.63.